The Morgan fingerprint density at radius 3 is 2.45 bits per heavy atom. The van der Waals surface area contributed by atoms with Crippen molar-refractivity contribution in [3.05, 3.63) is 112 Å². The number of nitriles is 1. The van der Waals surface area contributed by atoms with Crippen LogP contribution in [0, 0.1) is 14.9 Å². The van der Waals surface area contributed by atoms with Gasteiger partial charge in [-0.05, 0) is 90.9 Å². The van der Waals surface area contributed by atoms with Crippen LogP contribution in [0.4, 0.5) is 0 Å². The van der Waals surface area contributed by atoms with Gasteiger partial charge in [0.05, 0.1) is 58.3 Å². The lowest BCUT2D eigenvalue weighted by Crippen LogP contribution is -2.39. The second-order valence-corrected chi connectivity index (χ2v) is 12.2. The van der Waals surface area contributed by atoms with E-state index in [1.54, 1.807) is 24.3 Å². The minimum Gasteiger partial charge on any atom is -0.490 e. The average molecular weight is 766 g/mol. The summed E-state index contributed by atoms with van der Waals surface area (Å²) in [6.07, 6.45) is 3.22. The lowest BCUT2D eigenvalue weighted by molar-refractivity contribution is -0.136. The van der Waals surface area contributed by atoms with E-state index in [4.69, 9.17) is 23.7 Å². The van der Waals surface area contributed by atoms with E-state index in [0.717, 1.165) is 14.7 Å². The highest BCUT2D eigenvalue weighted by Crippen LogP contribution is 2.36. The quantitative estimate of drug-likeness (QED) is 0.141. The Morgan fingerprint density at radius 2 is 1.72 bits per heavy atom. The van der Waals surface area contributed by atoms with Crippen LogP contribution >= 0.6 is 33.9 Å². The summed E-state index contributed by atoms with van der Waals surface area (Å²) in [5.74, 6) is 1.53. The fourth-order valence-electron chi connectivity index (χ4n) is 5.12. The minimum absolute atomic E-state index is 0.191. The van der Waals surface area contributed by atoms with Crippen molar-refractivity contribution >= 4 is 46.0 Å². The molecular weight excluding hydrogens is 733 g/mol. The van der Waals surface area contributed by atoms with Gasteiger partial charge in [0, 0.05) is 11.8 Å². The van der Waals surface area contributed by atoms with Gasteiger partial charge in [-0.25, -0.2) is 9.79 Å². The Kier molecular flexibility index (Phi) is 11.0. The zero-order valence-corrected chi connectivity index (χ0v) is 29.2. The number of fused-ring (bicyclic) bond motifs is 1. The van der Waals surface area contributed by atoms with Crippen LogP contribution in [-0.4, -0.2) is 37.5 Å². The van der Waals surface area contributed by atoms with Gasteiger partial charge in [0.2, 0.25) is 0 Å². The number of thiazole rings is 1. The van der Waals surface area contributed by atoms with E-state index in [0.29, 0.717) is 63.3 Å². The molecule has 0 amide bonds. The van der Waals surface area contributed by atoms with Crippen molar-refractivity contribution in [2.75, 3.05) is 26.9 Å². The van der Waals surface area contributed by atoms with Crippen LogP contribution in [0.1, 0.15) is 49.1 Å². The molecule has 0 bridgehead atoms. The molecule has 0 N–H and O–H groups in total. The third-order valence-corrected chi connectivity index (χ3v) is 8.95. The normalized spacial score (nSPS) is 13.9. The smallest absolute Gasteiger partial charge is 0.337 e. The largest absolute Gasteiger partial charge is 0.490 e. The van der Waals surface area contributed by atoms with E-state index in [2.05, 4.69) is 33.7 Å². The molecule has 1 aliphatic rings. The second-order valence-electron chi connectivity index (χ2n) is 10.1. The van der Waals surface area contributed by atoms with Crippen molar-refractivity contribution in [2.45, 2.75) is 33.4 Å². The van der Waals surface area contributed by atoms with Crippen LogP contribution in [0.3, 0.4) is 0 Å². The van der Waals surface area contributed by atoms with Gasteiger partial charge in [-0.3, -0.25) is 9.36 Å². The molecule has 0 saturated heterocycles. The van der Waals surface area contributed by atoms with Crippen molar-refractivity contribution in [3.63, 3.8) is 0 Å². The van der Waals surface area contributed by atoms with Crippen LogP contribution < -0.4 is 33.8 Å². The fraction of sp³-hybridized carbons (Fsp3) is 0.257. The molecule has 0 radical (unpaired) electrons. The first kappa shape index (κ1) is 33.7. The highest BCUT2D eigenvalue weighted by molar-refractivity contribution is 14.1. The summed E-state index contributed by atoms with van der Waals surface area (Å²) in [6, 6.07) is 17.7. The Bertz CT molecular complexity index is 2060. The van der Waals surface area contributed by atoms with Gasteiger partial charge in [0.1, 0.15) is 6.61 Å². The first-order chi connectivity index (χ1) is 22.8. The topological polar surface area (TPSA) is 121 Å². The molecule has 2 heterocycles. The van der Waals surface area contributed by atoms with Crippen LogP contribution in [0.15, 0.2) is 76.2 Å². The highest BCUT2D eigenvalue weighted by atomic mass is 127. The molecule has 12 heteroatoms. The molecule has 1 aromatic heterocycles. The number of hydrogen-bond donors (Lipinski definition) is 0. The van der Waals surface area contributed by atoms with Gasteiger partial charge in [-0.1, -0.05) is 35.6 Å². The molecule has 47 heavy (non-hydrogen) atoms. The number of nitrogens with zero attached hydrogens (tertiary/aromatic N) is 3. The summed E-state index contributed by atoms with van der Waals surface area (Å²) >= 11 is 3.39. The van der Waals surface area contributed by atoms with Gasteiger partial charge in [-0.15, -0.1) is 0 Å². The molecule has 10 nitrogen and oxygen atoms in total. The second kappa shape index (κ2) is 15.3. The highest BCUT2D eigenvalue weighted by Gasteiger charge is 2.31. The maximum Gasteiger partial charge on any atom is 0.337 e. The molecule has 1 aliphatic heterocycles. The molecular formula is C35H32IN3O7S. The van der Waals surface area contributed by atoms with E-state index >= 15 is 0 Å². The van der Waals surface area contributed by atoms with Crippen molar-refractivity contribution in [3.8, 4) is 29.1 Å². The van der Waals surface area contributed by atoms with Gasteiger partial charge in [0.15, 0.2) is 27.8 Å². The fourth-order valence-corrected chi connectivity index (χ4v) is 6.87. The summed E-state index contributed by atoms with van der Waals surface area (Å²) < 4.78 is 31.4. The van der Waals surface area contributed by atoms with Gasteiger partial charge < -0.3 is 23.7 Å². The molecule has 5 rings (SSSR count). The van der Waals surface area contributed by atoms with E-state index in [1.807, 2.05) is 57.2 Å². The molecule has 0 fully saturated rings. The van der Waals surface area contributed by atoms with Crippen molar-refractivity contribution < 1.29 is 28.5 Å². The van der Waals surface area contributed by atoms with Crippen molar-refractivity contribution in [2.24, 2.45) is 4.99 Å². The predicted octanol–water partition coefficient (Wildman–Crippen LogP) is 5.27. The lowest BCUT2D eigenvalue weighted by Gasteiger charge is -2.23. The Hall–Kier alpha value is -4.61. The SMILES string of the molecule is CCOc1ccc([C@@H]2C(C(=O)OC)=CN=c3s/c(=C\c4cc(I)c(OCc5ccccc5C#N)c(OCC)c4)c(=O)n32)cc1OCC. The maximum absolute atomic E-state index is 14.1. The van der Waals surface area contributed by atoms with E-state index in [9.17, 15) is 14.9 Å². The van der Waals surface area contributed by atoms with Gasteiger partial charge in [0.25, 0.3) is 5.56 Å². The van der Waals surface area contributed by atoms with Crippen LogP contribution in [0.25, 0.3) is 6.08 Å². The predicted molar refractivity (Wildman–Crippen MR) is 186 cm³/mol. The number of aromatic nitrogens is 1. The number of carbonyl (C=O) groups is 1. The molecule has 1 atom stereocenters. The first-order valence-corrected chi connectivity index (χ1v) is 16.8. The van der Waals surface area contributed by atoms with Crippen molar-refractivity contribution in [1.29, 1.82) is 5.26 Å². The number of rotatable bonds is 12. The number of ether oxygens (including phenoxy) is 5. The summed E-state index contributed by atoms with van der Waals surface area (Å²) in [6.45, 7) is 7.08. The maximum atomic E-state index is 14.1. The van der Waals surface area contributed by atoms with Crippen LogP contribution in [-0.2, 0) is 16.1 Å². The monoisotopic (exact) mass is 765 g/mol. The Labute approximate surface area is 289 Å². The Morgan fingerprint density at radius 1 is 1.00 bits per heavy atom. The summed E-state index contributed by atoms with van der Waals surface area (Å²) in [5.41, 5.74) is 2.56. The summed E-state index contributed by atoms with van der Waals surface area (Å²) in [5, 5.41) is 9.46. The first-order valence-electron chi connectivity index (χ1n) is 14.9. The van der Waals surface area contributed by atoms with E-state index in [-0.39, 0.29) is 17.7 Å². The summed E-state index contributed by atoms with van der Waals surface area (Å²) in [4.78, 5) is 31.9. The Balaban J connectivity index is 1.58. The molecule has 0 unspecified atom stereocenters. The number of halogens is 1. The molecule has 0 aliphatic carbocycles. The zero-order chi connectivity index (χ0) is 33.5. The number of benzene rings is 3. The number of carbonyl (C=O) groups excluding carboxylic acids is 1. The third kappa shape index (κ3) is 7.21. The standard InChI is InChI=1S/C35H32IN3O7S/c1-5-43-27-13-12-22(17-28(27)44-6-2)31-25(34(41)42-4)19-38-35-39(31)33(40)30(47-35)16-21-14-26(36)32(29(15-21)45-7-3)46-20-24-11-9-8-10-23(24)18-37/h8-17,19,31H,5-7,20H2,1-4H3/b30-16-/t31-/m1/s1. The van der Waals surface area contributed by atoms with E-state index < -0.39 is 12.0 Å². The molecule has 0 spiro atoms. The third-order valence-electron chi connectivity index (χ3n) is 7.15. The van der Waals surface area contributed by atoms with Crippen LogP contribution in [0.2, 0.25) is 0 Å². The van der Waals surface area contributed by atoms with Gasteiger partial charge >= 0.3 is 5.97 Å². The number of methoxy groups -OCH3 is 1. The number of hydrogen-bond acceptors (Lipinski definition) is 10. The van der Waals surface area contributed by atoms with Crippen LogP contribution in [0.5, 0.6) is 23.0 Å². The average Bonchev–Trinajstić information content (AvgIpc) is 3.39. The lowest BCUT2D eigenvalue weighted by atomic mass is 9.97. The molecule has 3 aromatic carbocycles. The van der Waals surface area contributed by atoms with Gasteiger partial charge in [-0.2, -0.15) is 5.26 Å². The number of esters is 1. The molecule has 4 aromatic rings. The minimum atomic E-state index is -0.804. The van der Waals surface area contributed by atoms with Crippen molar-refractivity contribution in [1.82, 2.24) is 4.57 Å². The zero-order valence-electron chi connectivity index (χ0n) is 26.2. The van der Waals surface area contributed by atoms with E-state index in [1.165, 1.54) is 29.2 Å². The molecule has 242 valence electrons. The summed E-state index contributed by atoms with van der Waals surface area (Å²) in [7, 11) is 1.29. The molecule has 0 saturated carbocycles.